The van der Waals surface area contributed by atoms with Crippen LogP contribution in [0.4, 0.5) is 11.8 Å². The molecule has 188 valence electrons. The Morgan fingerprint density at radius 1 is 1.09 bits per heavy atom. The van der Waals surface area contributed by atoms with E-state index in [1.54, 1.807) is 36.0 Å². The summed E-state index contributed by atoms with van der Waals surface area (Å²) in [7, 11) is 1.76. The van der Waals surface area contributed by atoms with E-state index in [-0.39, 0.29) is 18.3 Å². The van der Waals surface area contributed by atoms with Crippen molar-refractivity contribution in [2.75, 3.05) is 35.3 Å². The second kappa shape index (κ2) is 16.1. The van der Waals surface area contributed by atoms with Gasteiger partial charge in [-0.05, 0) is 66.4 Å². The molecule has 0 aromatic carbocycles. The number of carboxylic acid groups (broad SMARTS) is 1. The van der Waals surface area contributed by atoms with Gasteiger partial charge < -0.3 is 15.3 Å². The van der Waals surface area contributed by atoms with Crippen LogP contribution < -0.4 is 10.2 Å². The summed E-state index contributed by atoms with van der Waals surface area (Å²) < 4.78 is 0. The largest absolute Gasteiger partial charge is 0.480 e. The third kappa shape index (κ3) is 13.2. The van der Waals surface area contributed by atoms with Crippen molar-refractivity contribution in [2.45, 2.75) is 66.3 Å². The Morgan fingerprint density at radius 3 is 2.35 bits per heavy atom. The summed E-state index contributed by atoms with van der Waals surface area (Å²) in [5.74, 6) is 1.00. The second-order valence-corrected chi connectivity index (χ2v) is 9.90. The number of allylic oxidation sites excluding steroid dienone is 5. The zero-order valence-corrected chi connectivity index (χ0v) is 22.2. The minimum atomic E-state index is -0.951. The van der Waals surface area contributed by atoms with Crippen LogP contribution in [0.1, 0.15) is 60.3 Å². The molecular formula is C26H40N4O3S. The number of rotatable bonds is 16. The molecule has 1 aromatic rings. The molecule has 0 spiro atoms. The van der Waals surface area contributed by atoms with Crippen LogP contribution in [-0.4, -0.2) is 58.0 Å². The number of carboxylic acids is 1. The van der Waals surface area contributed by atoms with Crippen LogP contribution in [0.3, 0.4) is 0 Å². The van der Waals surface area contributed by atoms with Gasteiger partial charge in [0.1, 0.15) is 17.6 Å². The molecular weight excluding hydrogens is 448 g/mol. The Morgan fingerprint density at radius 2 is 1.74 bits per heavy atom. The standard InChI is InChI=1S/C26H40N4O3S/c1-19(2)9-7-10-20(3)11-8-12-21(4)14-16-34-18-23(25(32)33)28-26-27-15-13-24(29-26)30(6)17-22(5)31/h9,11,13-15,23H,7-8,10,12,16-18H2,1-6H3,(H,32,33)(H,27,28,29)/b20-11+,21-14+. The first-order chi connectivity index (χ1) is 16.1. The third-order valence-electron chi connectivity index (χ3n) is 5.05. The first kappa shape index (κ1) is 29.4. The van der Waals surface area contributed by atoms with Crippen LogP contribution in [0.2, 0.25) is 0 Å². The van der Waals surface area contributed by atoms with Gasteiger partial charge in [0.25, 0.3) is 0 Å². The van der Waals surface area contributed by atoms with E-state index in [1.165, 1.54) is 23.6 Å². The van der Waals surface area contributed by atoms with Crippen LogP contribution in [0.25, 0.3) is 0 Å². The Labute approximate surface area is 208 Å². The molecule has 1 atom stereocenters. The number of hydrogen-bond donors (Lipinski definition) is 2. The first-order valence-electron chi connectivity index (χ1n) is 11.6. The number of nitrogens with one attached hydrogen (secondary N) is 1. The number of aliphatic carboxylic acids is 1. The quantitative estimate of drug-likeness (QED) is 0.232. The molecule has 0 aliphatic heterocycles. The van der Waals surface area contributed by atoms with Gasteiger partial charge in [0.2, 0.25) is 5.95 Å². The Kier molecular flexibility index (Phi) is 13.9. The van der Waals surface area contributed by atoms with Crippen LogP contribution in [0.5, 0.6) is 0 Å². The van der Waals surface area contributed by atoms with Crippen molar-refractivity contribution in [3.63, 3.8) is 0 Å². The molecule has 1 rings (SSSR count). The number of nitrogens with zero attached hydrogens (tertiary/aromatic N) is 3. The second-order valence-electron chi connectivity index (χ2n) is 8.83. The van der Waals surface area contributed by atoms with Crippen molar-refractivity contribution in [1.82, 2.24) is 9.97 Å². The lowest BCUT2D eigenvalue weighted by molar-refractivity contribution is -0.137. The van der Waals surface area contributed by atoms with Crippen LogP contribution in [-0.2, 0) is 9.59 Å². The highest BCUT2D eigenvalue weighted by Gasteiger charge is 2.18. The SMILES string of the molecule is CC(=O)CN(C)c1ccnc(NC(CSC/C=C(\C)CC/C=C(\C)CCC=C(C)C)C(=O)O)n1. The molecule has 34 heavy (non-hydrogen) atoms. The molecule has 0 radical (unpaired) electrons. The number of aromatic nitrogens is 2. The van der Waals surface area contributed by atoms with E-state index >= 15 is 0 Å². The zero-order chi connectivity index (χ0) is 25.5. The van der Waals surface area contributed by atoms with Gasteiger partial charge in [-0.3, -0.25) is 4.79 Å². The van der Waals surface area contributed by atoms with Gasteiger partial charge in [-0.2, -0.15) is 16.7 Å². The zero-order valence-electron chi connectivity index (χ0n) is 21.4. The highest BCUT2D eigenvalue weighted by Crippen LogP contribution is 2.15. The minimum Gasteiger partial charge on any atom is -0.480 e. The van der Waals surface area contributed by atoms with Crippen molar-refractivity contribution in [2.24, 2.45) is 0 Å². The summed E-state index contributed by atoms with van der Waals surface area (Å²) in [6.45, 7) is 10.3. The lowest BCUT2D eigenvalue weighted by Gasteiger charge is -2.18. The van der Waals surface area contributed by atoms with E-state index in [9.17, 15) is 14.7 Å². The average molecular weight is 489 g/mol. The predicted molar refractivity (Wildman–Crippen MR) is 144 cm³/mol. The normalized spacial score (nSPS) is 12.8. The maximum atomic E-state index is 11.7. The van der Waals surface area contributed by atoms with Crippen LogP contribution in [0, 0.1) is 0 Å². The molecule has 0 bridgehead atoms. The van der Waals surface area contributed by atoms with Crippen molar-refractivity contribution >= 4 is 35.3 Å². The lowest BCUT2D eigenvalue weighted by atomic mass is 10.1. The van der Waals surface area contributed by atoms with Gasteiger partial charge in [0, 0.05) is 24.8 Å². The number of hydrogen-bond acceptors (Lipinski definition) is 7. The average Bonchev–Trinajstić information content (AvgIpc) is 2.75. The topological polar surface area (TPSA) is 95.4 Å². The van der Waals surface area contributed by atoms with Crippen molar-refractivity contribution in [3.05, 3.63) is 47.2 Å². The highest BCUT2D eigenvalue weighted by molar-refractivity contribution is 7.99. The van der Waals surface area contributed by atoms with Gasteiger partial charge in [-0.25, -0.2) is 9.78 Å². The van der Waals surface area contributed by atoms with E-state index in [2.05, 4.69) is 61.2 Å². The summed E-state index contributed by atoms with van der Waals surface area (Å²) in [6, 6.07) is 0.880. The van der Waals surface area contributed by atoms with E-state index in [0.717, 1.165) is 31.4 Å². The van der Waals surface area contributed by atoms with Gasteiger partial charge in [-0.1, -0.05) is 34.9 Å². The molecule has 1 aromatic heterocycles. The number of carbonyl (C=O) groups is 2. The Hall–Kier alpha value is -2.61. The molecule has 8 heteroatoms. The molecule has 0 amide bonds. The van der Waals surface area contributed by atoms with E-state index in [0.29, 0.717) is 11.6 Å². The molecule has 1 unspecified atom stereocenters. The van der Waals surface area contributed by atoms with Gasteiger partial charge in [0.15, 0.2) is 0 Å². The molecule has 0 fully saturated rings. The fourth-order valence-electron chi connectivity index (χ4n) is 3.10. The third-order valence-corrected chi connectivity index (χ3v) is 6.02. The van der Waals surface area contributed by atoms with Crippen molar-refractivity contribution < 1.29 is 14.7 Å². The Balaban J connectivity index is 2.49. The Bertz CT molecular complexity index is 892. The summed E-state index contributed by atoms with van der Waals surface area (Å²) in [6.07, 6.45) is 12.5. The monoisotopic (exact) mass is 488 g/mol. The number of Topliss-reactive ketones (excluding diaryl/α,β-unsaturated/α-hetero) is 1. The van der Waals surface area contributed by atoms with E-state index in [4.69, 9.17) is 0 Å². The summed E-state index contributed by atoms with van der Waals surface area (Å²) in [4.78, 5) is 33.2. The lowest BCUT2D eigenvalue weighted by Crippen LogP contribution is -2.33. The van der Waals surface area contributed by atoms with Gasteiger partial charge in [-0.15, -0.1) is 0 Å². The number of ketones is 1. The summed E-state index contributed by atoms with van der Waals surface area (Å²) in [5.41, 5.74) is 4.10. The molecule has 7 nitrogen and oxygen atoms in total. The molecule has 0 aliphatic rings. The molecule has 1 heterocycles. The molecule has 0 aliphatic carbocycles. The van der Waals surface area contributed by atoms with Crippen LogP contribution in [0.15, 0.2) is 47.2 Å². The number of likely N-dealkylation sites (N-methyl/N-ethyl adjacent to an activating group) is 1. The molecule has 0 saturated heterocycles. The smallest absolute Gasteiger partial charge is 0.327 e. The molecule has 0 saturated carbocycles. The number of anilines is 2. The van der Waals surface area contributed by atoms with Gasteiger partial charge in [0.05, 0.1) is 6.54 Å². The summed E-state index contributed by atoms with van der Waals surface area (Å²) >= 11 is 1.56. The highest BCUT2D eigenvalue weighted by atomic mass is 32.2. The van der Waals surface area contributed by atoms with E-state index < -0.39 is 12.0 Å². The fourth-order valence-corrected chi connectivity index (χ4v) is 4.10. The predicted octanol–water partition coefficient (Wildman–Crippen LogP) is 5.52. The number of carbonyl (C=O) groups excluding carboxylic acids is 1. The first-order valence-corrected chi connectivity index (χ1v) is 12.8. The minimum absolute atomic E-state index is 0.0180. The van der Waals surface area contributed by atoms with Crippen molar-refractivity contribution in [3.8, 4) is 0 Å². The van der Waals surface area contributed by atoms with Crippen LogP contribution >= 0.6 is 11.8 Å². The van der Waals surface area contributed by atoms with Crippen molar-refractivity contribution in [1.29, 1.82) is 0 Å². The van der Waals surface area contributed by atoms with Gasteiger partial charge >= 0.3 is 5.97 Å². The van der Waals surface area contributed by atoms with E-state index in [1.807, 2.05) is 0 Å². The molecule has 2 N–H and O–H groups in total. The maximum absolute atomic E-state index is 11.7. The summed E-state index contributed by atoms with van der Waals surface area (Å²) in [5, 5.41) is 12.5. The number of thioether (sulfide) groups is 1. The maximum Gasteiger partial charge on any atom is 0.327 e. The fraction of sp³-hybridized carbons (Fsp3) is 0.538.